The Kier molecular flexibility index (Phi) is 3.40. The Labute approximate surface area is 106 Å². The molecule has 0 atom stereocenters. The Hall–Kier alpha value is -1.41. The molecular formula is C10H16N4O3S. The lowest BCUT2D eigenvalue weighted by Gasteiger charge is -2.33. The summed E-state index contributed by atoms with van der Waals surface area (Å²) in [6, 6.07) is 0. The van der Waals surface area contributed by atoms with Crippen LogP contribution >= 0.6 is 0 Å². The number of aromatic amines is 1. The van der Waals surface area contributed by atoms with Crippen molar-refractivity contribution in [1.29, 1.82) is 0 Å². The molecule has 1 N–H and O–H groups in total. The maximum absolute atomic E-state index is 12.1. The molecule has 18 heavy (non-hydrogen) atoms. The molecule has 1 aliphatic heterocycles. The van der Waals surface area contributed by atoms with E-state index in [1.807, 2.05) is 0 Å². The summed E-state index contributed by atoms with van der Waals surface area (Å²) >= 11 is 0. The molecule has 2 rings (SSSR count). The maximum atomic E-state index is 12.1. The first kappa shape index (κ1) is 13.0. The normalized spacial score (nSPS) is 18.0. The smallest absolute Gasteiger partial charge is 0.257 e. The summed E-state index contributed by atoms with van der Waals surface area (Å²) in [6.07, 6.45) is 2.69. The molecule has 7 nitrogen and oxygen atoms in total. The van der Waals surface area contributed by atoms with Crippen LogP contribution in [0.5, 0.6) is 0 Å². The van der Waals surface area contributed by atoms with Gasteiger partial charge >= 0.3 is 0 Å². The van der Waals surface area contributed by atoms with Gasteiger partial charge in [0.25, 0.3) is 5.91 Å². The van der Waals surface area contributed by atoms with Crippen molar-refractivity contribution < 1.29 is 13.2 Å². The molecule has 0 aliphatic carbocycles. The topological polar surface area (TPSA) is 86.4 Å². The second-order valence-corrected chi connectivity index (χ2v) is 6.35. The number of H-pyrrole nitrogens is 1. The fourth-order valence-corrected chi connectivity index (χ4v) is 2.79. The van der Waals surface area contributed by atoms with Gasteiger partial charge in [-0.3, -0.25) is 9.89 Å². The van der Waals surface area contributed by atoms with E-state index in [0.717, 1.165) is 5.69 Å². The number of sulfonamides is 1. The summed E-state index contributed by atoms with van der Waals surface area (Å²) in [4.78, 5) is 13.8. The molecular weight excluding hydrogens is 256 g/mol. The molecule has 100 valence electrons. The average molecular weight is 272 g/mol. The molecule has 1 aromatic heterocycles. The highest BCUT2D eigenvalue weighted by atomic mass is 32.2. The third kappa shape index (κ3) is 2.54. The van der Waals surface area contributed by atoms with Gasteiger partial charge < -0.3 is 4.90 Å². The monoisotopic (exact) mass is 272 g/mol. The number of carbonyl (C=O) groups is 1. The lowest BCUT2D eigenvalue weighted by molar-refractivity contribution is 0.0697. The second-order valence-electron chi connectivity index (χ2n) is 4.36. The molecule has 0 unspecified atom stereocenters. The van der Waals surface area contributed by atoms with Gasteiger partial charge in [0.1, 0.15) is 0 Å². The van der Waals surface area contributed by atoms with Crippen molar-refractivity contribution in [3.63, 3.8) is 0 Å². The van der Waals surface area contributed by atoms with E-state index < -0.39 is 10.0 Å². The van der Waals surface area contributed by atoms with Crippen molar-refractivity contribution >= 4 is 15.9 Å². The summed E-state index contributed by atoms with van der Waals surface area (Å²) in [5.74, 6) is -0.102. The molecule has 1 fully saturated rings. The molecule has 1 aliphatic rings. The van der Waals surface area contributed by atoms with E-state index in [9.17, 15) is 13.2 Å². The van der Waals surface area contributed by atoms with Gasteiger partial charge in [0.15, 0.2) is 0 Å². The Bertz CT molecular complexity index is 543. The minimum absolute atomic E-state index is 0.102. The van der Waals surface area contributed by atoms with Crippen LogP contribution < -0.4 is 0 Å². The van der Waals surface area contributed by atoms with E-state index in [4.69, 9.17) is 0 Å². The number of nitrogens with zero attached hydrogens (tertiary/aromatic N) is 3. The molecule has 1 aromatic rings. The summed E-state index contributed by atoms with van der Waals surface area (Å²) in [6.45, 7) is 3.31. The molecule has 8 heteroatoms. The number of hydrogen-bond donors (Lipinski definition) is 1. The van der Waals surface area contributed by atoms with E-state index in [0.29, 0.717) is 31.7 Å². The predicted octanol–water partition coefficient (Wildman–Crippen LogP) is -0.564. The van der Waals surface area contributed by atoms with Gasteiger partial charge in [0.05, 0.1) is 18.0 Å². The van der Waals surface area contributed by atoms with Crippen molar-refractivity contribution in [2.45, 2.75) is 6.92 Å². The lowest BCUT2D eigenvalue weighted by Crippen LogP contribution is -2.50. The standard InChI is InChI=1S/C10H16N4O3S/c1-8-9(7-11-12-8)10(15)13-3-5-14(6-4-13)18(2,16)17/h7H,3-6H2,1-2H3,(H,11,12). The van der Waals surface area contributed by atoms with Gasteiger partial charge in [-0.2, -0.15) is 9.40 Å². The van der Waals surface area contributed by atoms with Crippen LogP contribution in [0.4, 0.5) is 0 Å². The van der Waals surface area contributed by atoms with E-state index in [1.165, 1.54) is 16.8 Å². The van der Waals surface area contributed by atoms with Gasteiger partial charge in [0.2, 0.25) is 10.0 Å². The number of rotatable bonds is 2. The zero-order chi connectivity index (χ0) is 13.3. The minimum atomic E-state index is -3.16. The maximum Gasteiger partial charge on any atom is 0.257 e. The quantitative estimate of drug-likeness (QED) is 0.781. The van der Waals surface area contributed by atoms with Crippen LogP contribution in [-0.2, 0) is 10.0 Å². The molecule has 0 saturated carbocycles. The summed E-state index contributed by atoms with van der Waals surface area (Å²) in [5.41, 5.74) is 1.27. The van der Waals surface area contributed by atoms with E-state index >= 15 is 0 Å². The van der Waals surface area contributed by atoms with Crippen molar-refractivity contribution in [2.75, 3.05) is 32.4 Å². The van der Waals surface area contributed by atoms with Gasteiger partial charge in [-0.15, -0.1) is 0 Å². The zero-order valence-corrected chi connectivity index (χ0v) is 11.2. The summed E-state index contributed by atoms with van der Waals surface area (Å²) in [7, 11) is -3.16. The molecule has 0 radical (unpaired) electrons. The number of aromatic nitrogens is 2. The Morgan fingerprint density at radius 2 is 1.94 bits per heavy atom. The highest BCUT2D eigenvalue weighted by molar-refractivity contribution is 7.88. The average Bonchev–Trinajstić information content (AvgIpc) is 2.73. The highest BCUT2D eigenvalue weighted by Crippen LogP contribution is 2.11. The third-order valence-corrected chi connectivity index (χ3v) is 4.36. The van der Waals surface area contributed by atoms with Crippen LogP contribution in [0.3, 0.4) is 0 Å². The van der Waals surface area contributed by atoms with E-state index in [2.05, 4.69) is 10.2 Å². The lowest BCUT2D eigenvalue weighted by atomic mass is 10.2. The first-order chi connectivity index (χ1) is 8.39. The van der Waals surface area contributed by atoms with Crippen molar-refractivity contribution in [3.05, 3.63) is 17.5 Å². The number of aryl methyl sites for hydroxylation is 1. The van der Waals surface area contributed by atoms with Crippen molar-refractivity contribution in [2.24, 2.45) is 0 Å². The van der Waals surface area contributed by atoms with Gasteiger partial charge in [-0.1, -0.05) is 0 Å². The van der Waals surface area contributed by atoms with Crippen molar-refractivity contribution in [1.82, 2.24) is 19.4 Å². The van der Waals surface area contributed by atoms with Crippen LogP contribution in [0, 0.1) is 6.92 Å². The molecule has 1 saturated heterocycles. The number of piperazine rings is 1. The van der Waals surface area contributed by atoms with Crippen LogP contribution in [-0.4, -0.2) is 66.2 Å². The van der Waals surface area contributed by atoms with Gasteiger partial charge in [-0.05, 0) is 6.92 Å². The number of carbonyl (C=O) groups excluding carboxylic acids is 1. The molecule has 0 bridgehead atoms. The number of hydrogen-bond acceptors (Lipinski definition) is 4. The van der Waals surface area contributed by atoms with Crippen LogP contribution in [0.1, 0.15) is 16.1 Å². The van der Waals surface area contributed by atoms with Crippen molar-refractivity contribution in [3.8, 4) is 0 Å². The minimum Gasteiger partial charge on any atom is -0.336 e. The summed E-state index contributed by atoms with van der Waals surface area (Å²) in [5, 5.41) is 6.53. The van der Waals surface area contributed by atoms with E-state index in [-0.39, 0.29) is 5.91 Å². The molecule has 1 amide bonds. The second kappa shape index (κ2) is 4.69. The Balaban J connectivity index is 2.03. The summed E-state index contributed by atoms with van der Waals surface area (Å²) < 4.78 is 24.1. The molecule has 0 aromatic carbocycles. The van der Waals surface area contributed by atoms with E-state index in [1.54, 1.807) is 11.8 Å². The molecule has 0 spiro atoms. The Morgan fingerprint density at radius 3 is 2.39 bits per heavy atom. The fourth-order valence-electron chi connectivity index (χ4n) is 1.96. The third-order valence-electron chi connectivity index (χ3n) is 3.06. The first-order valence-electron chi connectivity index (χ1n) is 5.64. The van der Waals surface area contributed by atoms with Crippen LogP contribution in [0.25, 0.3) is 0 Å². The zero-order valence-electron chi connectivity index (χ0n) is 10.4. The SMILES string of the molecule is Cc1[nH]ncc1C(=O)N1CCN(S(C)(=O)=O)CC1. The highest BCUT2D eigenvalue weighted by Gasteiger charge is 2.27. The number of amides is 1. The molecule has 2 heterocycles. The Morgan fingerprint density at radius 1 is 1.33 bits per heavy atom. The van der Waals surface area contributed by atoms with Crippen LogP contribution in [0.2, 0.25) is 0 Å². The van der Waals surface area contributed by atoms with Crippen LogP contribution in [0.15, 0.2) is 6.20 Å². The number of nitrogens with one attached hydrogen (secondary N) is 1. The predicted molar refractivity (Wildman–Crippen MR) is 65.6 cm³/mol. The van der Waals surface area contributed by atoms with Gasteiger partial charge in [-0.25, -0.2) is 8.42 Å². The largest absolute Gasteiger partial charge is 0.336 e. The first-order valence-corrected chi connectivity index (χ1v) is 7.49. The fraction of sp³-hybridized carbons (Fsp3) is 0.600. The van der Waals surface area contributed by atoms with Gasteiger partial charge in [0, 0.05) is 31.9 Å².